The minimum atomic E-state index is -0.328. The van der Waals surface area contributed by atoms with Crippen molar-refractivity contribution < 1.29 is 9.53 Å². The average Bonchev–Trinajstić information content (AvgIpc) is 2.68. The highest BCUT2D eigenvalue weighted by Crippen LogP contribution is 2.23. The number of esters is 1. The number of nitrogen functional groups attached to an aromatic ring is 2. The van der Waals surface area contributed by atoms with E-state index in [1.165, 1.54) is 0 Å². The SMILES string of the molecule is Nc1cc(N)cc(C(=O)OC2CCCC2)c1. The molecular formula is C12H16N2O2. The minimum Gasteiger partial charge on any atom is -0.459 e. The maximum absolute atomic E-state index is 11.8. The van der Waals surface area contributed by atoms with Gasteiger partial charge in [0.1, 0.15) is 6.10 Å². The Morgan fingerprint density at radius 3 is 2.25 bits per heavy atom. The average molecular weight is 220 g/mol. The first-order valence-corrected chi connectivity index (χ1v) is 5.52. The molecule has 2 rings (SSSR count). The van der Waals surface area contributed by atoms with Crippen LogP contribution in [0, 0.1) is 0 Å². The molecule has 0 amide bonds. The highest BCUT2D eigenvalue weighted by Gasteiger charge is 2.20. The first-order chi connectivity index (χ1) is 7.65. The largest absolute Gasteiger partial charge is 0.459 e. The van der Waals surface area contributed by atoms with Gasteiger partial charge in [-0.3, -0.25) is 0 Å². The molecule has 0 saturated heterocycles. The Morgan fingerprint density at radius 1 is 1.12 bits per heavy atom. The summed E-state index contributed by atoms with van der Waals surface area (Å²) in [5.74, 6) is -0.328. The van der Waals surface area contributed by atoms with Gasteiger partial charge in [-0.15, -0.1) is 0 Å². The lowest BCUT2D eigenvalue weighted by Gasteiger charge is -2.11. The molecule has 0 aromatic heterocycles. The van der Waals surface area contributed by atoms with Crippen LogP contribution in [-0.4, -0.2) is 12.1 Å². The van der Waals surface area contributed by atoms with Gasteiger partial charge in [-0.2, -0.15) is 0 Å². The fourth-order valence-corrected chi connectivity index (χ4v) is 2.02. The van der Waals surface area contributed by atoms with Crippen LogP contribution < -0.4 is 11.5 Å². The van der Waals surface area contributed by atoms with Crippen molar-refractivity contribution in [2.75, 3.05) is 11.5 Å². The lowest BCUT2D eigenvalue weighted by Crippen LogP contribution is -2.15. The molecule has 0 bridgehead atoms. The fraction of sp³-hybridized carbons (Fsp3) is 0.417. The van der Waals surface area contributed by atoms with Gasteiger partial charge in [-0.25, -0.2) is 4.79 Å². The van der Waals surface area contributed by atoms with Crippen LogP contribution in [0.25, 0.3) is 0 Å². The number of carbonyl (C=O) groups is 1. The number of hydrogen-bond acceptors (Lipinski definition) is 4. The zero-order chi connectivity index (χ0) is 11.5. The Bertz CT molecular complexity index is 378. The van der Waals surface area contributed by atoms with Crippen LogP contribution in [0.2, 0.25) is 0 Å². The molecular weight excluding hydrogens is 204 g/mol. The number of ether oxygens (including phenoxy) is 1. The second kappa shape index (κ2) is 4.43. The molecule has 1 aromatic carbocycles. The van der Waals surface area contributed by atoms with Crippen LogP contribution in [0.3, 0.4) is 0 Å². The topological polar surface area (TPSA) is 78.3 Å². The molecule has 0 unspecified atom stereocenters. The van der Waals surface area contributed by atoms with Gasteiger partial charge in [0.15, 0.2) is 0 Å². The van der Waals surface area contributed by atoms with Gasteiger partial charge in [-0.05, 0) is 43.9 Å². The van der Waals surface area contributed by atoms with Crippen molar-refractivity contribution in [3.05, 3.63) is 23.8 Å². The molecule has 0 spiro atoms. The molecule has 4 nitrogen and oxygen atoms in total. The molecule has 16 heavy (non-hydrogen) atoms. The number of hydrogen-bond donors (Lipinski definition) is 2. The van der Waals surface area contributed by atoms with E-state index in [2.05, 4.69) is 0 Å². The van der Waals surface area contributed by atoms with Crippen LogP contribution in [0.15, 0.2) is 18.2 Å². The summed E-state index contributed by atoms with van der Waals surface area (Å²) in [6.07, 6.45) is 4.26. The quantitative estimate of drug-likeness (QED) is 0.589. The van der Waals surface area contributed by atoms with E-state index in [4.69, 9.17) is 16.2 Å². The second-order valence-corrected chi connectivity index (χ2v) is 4.20. The van der Waals surface area contributed by atoms with Crippen molar-refractivity contribution in [1.29, 1.82) is 0 Å². The van der Waals surface area contributed by atoms with Crippen LogP contribution in [-0.2, 0) is 4.74 Å². The monoisotopic (exact) mass is 220 g/mol. The molecule has 1 aliphatic rings. The smallest absolute Gasteiger partial charge is 0.338 e. The summed E-state index contributed by atoms with van der Waals surface area (Å²) in [6, 6.07) is 4.80. The Morgan fingerprint density at radius 2 is 1.69 bits per heavy atom. The number of rotatable bonds is 2. The van der Waals surface area contributed by atoms with Crippen molar-refractivity contribution in [2.24, 2.45) is 0 Å². The maximum atomic E-state index is 11.8. The lowest BCUT2D eigenvalue weighted by atomic mass is 10.2. The molecule has 1 saturated carbocycles. The molecule has 4 N–H and O–H groups in total. The van der Waals surface area contributed by atoms with Gasteiger partial charge in [0.25, 0.3) is 0 Å². The van der Waals surface area contributed by atoms with Crippen molar-refractivity contribution in [1.82, 2.24) is 0 Å². The first kappa shape index (κ1) is 10.8. The van der Waals surface area contributed by atoms with Gasteiger partial charge < -0.3 is 16.2 Å². The Hall–Kier alpha value is -1.71. The van der Waals surface area contributed by atoms with Crippen LogP contribution >= 0.6 is 0 Å². The predicted molar refractivity (Wildman–Crippen MR) is 62.9 cm³/mol. The number of benzene rings is 1. The van der Waals surface area contributed by atoms with E-state index >= 15 is 0 Å². The molecule has 1 fully saturated rings. The molecule has 0 atom stereocenters. The maximum Gasteiger partial charge on any atom is 0.338 e. The first-order valence-electron chi connectivity index (χ1n) is 5.52. The molecule has 1 aliphatic carbocycles. The third-order valence-corrected chi connectivity index (χ3v) is 2.79. The number of nitrogens with two attached hydrogens (primary N) is 2. The van der Waals surface area contributed by atoms with Gasteiger partial charge >= 0.3 is 5.97 Å². The molecule has 1 aromatic rings. The molecule has 4 heteroatoms. The number of carbonyl (C=O) groups excluding carboxylic acids is 1. The van der Waals surface area contributed by atoms with E-state index in [9.17, 15) is 4.79 Å². The summed E-state index contributed by atoms with van der Waals surface area (Å²) in [5.41, 5.74) is 12.6. The van der Waals surface area contributed by atoms with Gasteiger partial charge in [0, 0.05) is 11.4 Å². The molecule has 0 heterocycles. The van der Waals surface area contributed by atoms with Crippen molar-refractivity contribution in [3.63, 3.8) is 0 Å². The van der Waals surface area contributed by atoms with E-state index in [1.807, 2.05) is 0 Å². The summed E-state index contributed by atoms with van der Waals surface area (Å²) in [6.45, 7) is 0. The van der Waals surface area contributed by atoms with Crippen LogP contribution in [0.1, 0.15) is 36.0 Å². The standard InChI is InChI=1S/C12H16N2O2/c13-9-5-8(6-10(14)7-9)12(15)16-11-3-1-2-4-11/h5-7,11H,1-4,13-14H2. The van der Waals surface area contributed by atoms with Gasteiger partial charge in [-0.1, -0.05) is 0 Å². The minimum absolute atomic E-state index is 0.0650. The fourth-order valence-electron chi connectivity index (χ4n) is 2.02. The van der Waals surface area contributed by atoms with Gasteiger partial charge in [0.2, 0.25) is 0 Å². The molecule has 86 valence electrons. The molecule has 0 radical (unpaired) electrons. The lowest BCUT2D eigenvalue weighted by molar-refractivity contribution is 0.0318. The summed E-state index contributed by atoms with van der Waals surface area (Å²) in [7, 11) is 0. The van der Waals surface area contributed by atoms with E-state index in [0.717, 1.165) is 25.7 Å². The van der Waals surface area contributed by atoms with E-state index < -0.39 is 0 Å². The van der Waals surface area contributed by atoms with E-state index in [0.29, 0.717) is 16.9 Å². The Kier molecular flexibility index (Phi) is 2.99. The van der Waals surface area contributed by atoms with E-state index in [-0.39, 0.29) is 12.1 Å². The predicted octanol–water partition coefficient (Wildman–Crippen LogP) is 1.95. The van der Waals surface area contributed by atoms with Crippen molar-refractivity contribution >= 4 is 17.3 Å². The second-order valence-electron chi connectivity index (χ2n) is 4.20. The highest BCUT2D eigenvalue weighted by atomic mass is 16.5. The third kappa shape index (κ3) is 2.45. The Balaban J connectivity index is 2.07. The number of anilines is 2. The third-order valence-electron chi connectivity index (χ3n) is 2.79. The van der Waals surface area contributed by atoms with Crippen LogP contribution in [0.5, 0.6) is 0 Å². The zero-order valence-corrected chi connectivity index (χ0v) is 9.11. The Labute approximate surface area is 94.6 Å². The van der Waals surface area contributed by atoms with E-state index in [1.54, 1.807) is 18.2 Å². The van der Waals surface area contributed by atoms with Crippen molar-refractivity contribution in [2.45, 2.75) is 31.8 Å². The summed E-state index contributed by atoms with van der Waals surface area (Å²) in [5, 5.41) is 0. The van der Waals surface area contributed by atoms with Crippen molar-refractivity contribution in [3.8, 4) is 0 Å². The molecule has 0 aliphatic heterocycles. The zero-order valence-electron chi connectivity index (χ0n) is 9.11. The van der Waals surface area contributed by atoms with Gasteiger partial charge in [0.05, 0.1) is 5.56 Å². The van der Waals surface area contributed by atoms with Crippen LogP contribution in [0.4, 0.5) is 11.4 Å². The normalized spacial score (nSPS) is 16.2. The summed E-state index contributed by atoms with van der Waals surface area (Å²) in [4.78, 5) is 11.8. The highest BCUT2D eigenvalue weighted by molar-refractivity contribution is 5.91. The summed E-state index contributed by atoms with van der Waals surface area (Å²) >= 11 is 0. The summed E-state index contributed by atoms with van der Waals surface area (Å²) < 4.78 is 5.36.